The molecule has 2 aromatic rings. The Morgan fingerprint density at radius 2 is 2.25 bits per heavy atom. The molecule has 1 unspecified atom stereocenters. The molecule has 3 rings (SSSR count). The predicted molar refractivity (Wildman–Crippen MR) is 106 cm³/mol. The van der Waals surface area contributed by atoms with Gasteiger partial charge in [0.15, 0.2) is 0 Å². The average Bonchev–Trinajstić information content (AvgIpc) is 2.80. The number of hydrogen-bond donors (Lipinski definition) is 1. The van der Waals surface area contributed by atoms with E-state index < -0.39 is 73.2 Å². The van der Waals surface area contributed by atoms with Crippen LogP contribution < -0.4 is 5.32 Å². The second-order valence-electron chi connectivity index (χ2n) is 5.86. The van der Waals surface area contributed by atoms with Crippen molar-refractivity contribution in [2.24, 2.45) is 0 Å². The molecule has 0 spiro atoms. The monoisotopic (exact) mass is 417 g/mol. The molecule has 1 aromatic carbocycles. The van der Waals surface area contributed by atoms with E-state index in [4.69, 9.17) is 25.3 Å². The van der Waals surface area contributed by atoms with Crippen LogP contribution in [0.5, 0.6) is 0 Å². The largest absolute Gasteiger partial charge is 0.338 e. The molecule has 1 aromatic heterocycles. The molecule has 7 heteroatoms. The van der Waals surface area contributed by atoms with E-state index in [0.29, 0.717) is 0 Å². The van der Waals surface area contributed by atoms with Gasteiger partial charge in [0.1, 0.15) is 11.5 Å². The van der Waals surface area contributed by atoms with E-state index in [9.17, 15) is 9.18 Å². The van der Waals surface area contributed by atoms with Crippen molar-refractivity contribution >= 4 is 17.5 Å². The maximum Gasteiger partial charge on any atom is 0.253 e. The maximum atomic E-state index is 16.6. The van der Waals surface area contributed by atoms with Crippen molar-refractivity contribution in [1.82, 2.24) is 15.2 Å². The third-order valence-corrected chi connectivity index (χ3v) is 4.19. The van der Waals surface area contributed by atoms with Crippen LogP contribution >= 0.6 is 11.6 Å². The van der Waals surface area contributed by atoms with Gasteiger partial charge in [0.05, 0.1) is 10.7 Å². The number of nitrogens with one attached hydrogen (secondary N) is 1. The summed E-state index contributed by atoms with van der Waals surface area (Å²) in [6, 6.07) is 5.25. The lowest BCUT2D eigenvalue weighted by Gasteiger charge is -2.36. The second kappa shape index (κ2) is 8.97. The number of aryl methyl sites for hydroxylation is 1. The third-order valence-electron chi connectivity index (χ3n) is 3.90. The topological polar surface area (TPSA) is 45.2 Å². The van der Waals surface area contributed by atoms with Crippen molar-refractivity contribution in [3.8, 4) is 0 Å². The van der Waals surface area contributed by atoms with Gasteiger partial charge in [0.2, 0.25) is 0 Å². The van der Waals surface area contributed by atoms with Crippen LogP contribution in [0.15, 0.2) is 36.5 Å². The SMILES string of the molecule is [2H]C([2H])(C)c1ccc(CNC([2H])([2H])C2(F)C([2H])([2H])CN(C(=O)c3ccc(F)c(Cl)c3)C([2H])([2H])C2([2H])[2H])nc1. The summed E-state index contributed by atoms with van der Waals surface area (Å²) in [6.07, 6.45) is -7.97. The van der Waals surface area contributed by atoms with Crippen molar-refractivity contribution in [2.75, 3.05) is 19.5 Å². The van der Waals surface area contributed by atoms with Gasteiger partial charge in [-0.05, 0) is 36.2 Å². The summed E-state index contributed by atoms with van der Waals surface area (Å²) >= 11 is 5.67. The molecule has 150 valence electrons. The highest BCUT2D eigenvalue weighted by atomic mass is 35.5. The number of benzene rings is 1. The van der Waals surface area contributed by atoms with Gasteiger partial charge < -0.3 is 10.2 Å². The van der Waals surface area contributed by atoms with E-state index in [0.717, 1.165) is 18.2 Å². The van der Waals surface area contributed by atoms with Crippen LogP contribution in [0.3, 0.4) is 0 Å². The Bertz CT molecular complexity index is 1230. The Kier molecular flexibility index (Phi) is 3.59. The van der Waals surface area contributed by atoms with Crippen LogP contribution in [0.4, 0.5) is 8.78 Å². The number of carbonyl (C=O) groups excluding carboxylic acids is 1. The zero-order valence-electron chi connectivity index (χ0n) is 24.8. The van der Waals surface area contributed by atoms with Crippen molar-refractivity contribution in [3.63, 3.8) is 0 Å². The summed E-state index contributed by atoms with van der Waals surface area (Å²) in [5.41, 5.74) is -4.29. The summed E-state index contributed by atoms with van der Waals surface area (Å²) in [5, 5.41) is 1.57. The summed E-state index contributed by atoms with van der Waals surface area (Å²) in [7, 11) is 0. The first-order valence-electron chi connectivity index (χ1n) is 13.3. The zero-order valence-corrected chi connectivity index (χ0v) is 15.6. The minimum atomic E-state index is -4.19. The highest BCUT2D eigenvalue weighted by Gasteiger charge is 2.35. The Morgan fingerprint density at radius 3 is 2.93 bits per heavy atom. The fourth-order valence-electron chi connectivity index (χ4n) is 2.33. The smallest absolute Gasteiger partial charge is 0.253 e. The van der Waals surface area contributed by atoms with Crippen LogP contribution in [-0.4, -0.2) is 41.0 Å². The fourth-order valence-corrected chi connectivity index (χ4v) is 2.51. The first-order chi connectivity index (χ1) is 17.1. The molecule has 1 amide bonds. The number of aromatic nitrogens is 1. The standard InChI is InChI=1S/C21H24ClF2N3O/c1-2-15-3-5-17(26-12-15)13-25-14-21(24)7-9-27(10-8-21)20(28)16-4-6-19(23)18(22)11-16/h3-6,11-12,25H,2,7-10,13-14H2,1H3/i2D2,7D2,8D2,9D2,14D2. The summed E-state index contributed by atoms with van der Waals surface area (Å²) < 4.78 is 112. The number of likely N-dealkylation sites (tertiary alicyclic amines) is 1. The van der Waals surface area contributed by atoms with Crippen LogP contribution in [0.25, 0.3) is 0 Å². The highest BCUT2D eigenvalue weighted by Crippen LogP contribution is 2.27. The van der Waals surface area contributed by atoms with E-state index >= 15 is 4.39 Å². The van der Waals surface area contributed by atoms with Gasteiger partial charge in [-0.25, -0.2) is 8.78 Å². The average molecular weight is 418 g/mol. The first-order valence-corrected chi connectivity index (χ1v) is 8.64. The molecule has 0 saturated carbocycles. The van der Waals surface area contributed by atoms with Gasteiger partial charge >= 0.3 is 0 Å². The molecular weight excluding hydrogens is 384 g/mol. The van der Waals surface area contributed by atoms with Gasteiger partial charge in [0, 0.05) is 64.3 Å². The zero-order chi connectivity index (χ0) is 29.1. The predicted octanol–water partition coefficient (Wildman–Crippen LogP) is 4.17. The molecule has 1 N–H and O–H groups in total. The first kappa shape index (κ1) is 11.2. The molecule has 28 heavy (non-hydrogen) atoms. The normalized spacial score (nSPS) is 31.4. The lowest BCUT2D eigenvalue weighted by Crippen LogP contribution is -2.48. The Hall–Kier alpha value is -2.05. The van der Waals surface area contributed by atoms with Crippen LogP contribution in [0.1, 0.15) is 55.0 Å². The Balaban J connectivity index is 1.96. The van der Waals surface area contributed by atoms with Crippen LogP contribution in [0, 0.1) is 5.82 Å². The minimum absolute atomic E-state index is 0.0930. The molecular formula is C21H24ClF2N3O. The maximum absolute atomic E-state index is 16.6. The number of carbonyl (C=O) groups is 1. The van der Waals surface area contributed by atoms with Crippen molar-refractivity contribution in [3.05, 3.63) is 64.2 Å². The van der Waals surface area contributed by atoms with Gasteiger partial charge in [-0.1, -0.05) is 24.6 Å². The molecule has 0 aliphatic carbocycles. The summed E-state index contributed by atoms with van der Waals surface area (Å²) in [5.74, 6) is -2.20. The third kappa shape index (κ3) is 5.06. The molecule has 1 aliphatic rings. The summed E-state index contributed by atoms with van der Waals surface area (Å²) in [6.45, 7) is -7.75. The van der Waals surface area contributed by atoms with E-state index in [2.05, 4.69) is 10.3 Å². The number of nitrogens with zero attached hydrogens (tertiary/aromatic N) is 2. The van der Waals surface area contributed by atoms with Crippen molar-refractivity contribution in [2.45, 2.75) is 38.3 Å². The Morgan fingerprint density at radius 1 is 1.43 bits per heavy atom. The number of halogens is 3. The molecule has 1 fully saturated rings. The molecule has 0 radical (unpaired) electrons. The molecule has 2 heterocycles. The fraction of sp³-hybridized carbons (Fsp3) is 0.429. The number of pyridine rings is 1. The molecule has 1 atom stereocenters. The second-order valence-corrected chi connectivity index (χ2v) is 6.27. The van der Waals surface area contributed by atoms with Gasteiger partial charge in [-0.15, -0.1) is 0 Å². The highest BCUT2D eigenvalue weighted by molar-refractivity contribution is 6.31. The van der Waals surface area contributed by atoms with Crippen LogP contribution in [0.2, 0.25) is 5.02 Å². The molecule has 1 saturated heterocycles. The van der Waals surface area contributed by atoms with Gasteiger partial charge in [0.25, 0.3) is 5.91 Å². The van der Waals surface area contributed by atoms with E-state index in [-0.39, 0.29) is 16.2 Å². The van der Waals surface area contributed by atoms with Crippen molar-refractivity contribution in [1.29, 1.82) is 0 Å². The number of alkyl halides is 1. The summed E-state index contributed by atoms with van der Waals surface area (Å²) in [4.78, 5) is 17.1. The van der Waals surface area contributed by atoms with Gasteiger partial charge in [-0.3, -0.25) is 9.78 Å². The Labute approximate surface area is 183 Å². The number of rotatable bonds is 6. The molecule has 4 nitrogen and oxygen atoms in total. The number of hydrogen-bond acceptors (Lipinski definition) is 3. The quantitative estimate of drug-likeness (QED) is 0.767. The van der Waals surface area contributed by atoms with Crippen LogP contribution in [-0.2, 0) is 12.9 Å². The van der Waals surface area contributed by atoms with Gasteiger partial charge in [-0.2, -0.15) is 0 Å². The number of piperidine rings is 1. The molecule has 0 bridgehead atoms. The van der Waals surface area contributed by atoms with E-state index in [1.165, 1.54) is 25.3 Å². The minimum Gasteiger partial charge on any atom is -0.338 e. The van der Waals surface area contributed by atoms with E-state index in [1.54, 1.807) is 0 Å². The lowest BCUT2D eigenvalue weighted by atomic mass is 9.92. The van der Waals surface area contributed by atoms with Crippen molar-refractivity contribution < 1.29 is 27.3 Å². The number of amides is 1. The molecule has 1 aliphatic heterocycles. The van der Waals surface area contributed by atoms with E-state index in [1.807, 2.05) is 0 Å². The lowest BCUT2D eigenvalue weighted by molar-refractivity contribution is 0.0434.